The molecule has 1 aliphatic rings. The molecule has 2 N–H and O–H groups in total. The minimum atomic E-state index is -0.410. The Morgan fingerprint density at radius 3 is 2.53 bits per heavy atom. The summed E-state index contributed by atoms with van der Waals surface area (Å²) in [5, 5.41) is 13.8. The Labute approximate surface area is 202 Å². The van der Waals surface area contributed by atoms with Crippen LogP contribution >= 0.6 is 12.2 Å². The maximum Gasteiger partial charge on any atom is 0.339 e. The second-order valence-corrected chi connectivity index (χ2v) is 8.21. The Bertz CT molecular complexity index is 1340. The first-order valence-electron chi connectivity index (χ1n) is 10.7. The van der Waals surface area contributed by atoms with Gasteiger partial charge in [0, 0.05) is 23.8 Å². The van der Waals surface area contributed by atoms with Crippen LogP contribution in [0.15, 0.2) is 91.3 Å². The summed E-state index contributed by atoms with van der Waals surface area (Å²) in [6.07, 6.45) is 3.68. The molecule has 0 amide bonds. The quantitative estimate of drug-likeness (QED) is 0.327. The summed E-state index contributed by atoms with van der Waals surface area (Å²) < 4.78 is 7.00. The van der Waals surface area contributed by atoms with Crippen LogP contribution in [-0.4, -0.2) is 32.8 Å². The van der Waals surface area contributed by atoms with Crippen molar-refractivity contribution in [1.82, 2.24) is 14.9 Å². The van der Waals surface area contributed by atoms with Gasteiger partial charge in [-0.15, -0.1) is 0 Å². The number of methoxy groups -OCH3 is 1. The summed E-state index contributed by atoms with van der Waals surface area (Å²) in [6.45, 7) is 0. The average Bonchev–Trinajstić information content (AvgIpc) is 3.49. The van der Waals surface area contributed by atoms with E-state index in [1.807, 2.05) is 76.3 Å². The molecule has 1 fully saturated rings. The lowest BCUT2D eigenvalue weighted by molar-refractivity contribution is 0.0600. The fraction of sp³-hybridized carbons (Fsp3) is 0.115. The maximum atomic E-state index is 12.5. The molecule has 0 radical (unpaired) electrons. The van der Waals surface area contributed by atoms with Gasteiger partial charge in [-0.25, -0.2) is 4.79 Å². The zero-order valence-electron chi connectivity index (χ0n) is 18.3. The molecule has 7 nitrogen and oxygen atoms in total. The summed E-state index contributed by atoms with van der Waals surface area (Å²) >= 11 is 5.77. The van der Waals surface area contributed by atoms with E-state index in [4.69, 9.17) is 17.0 Å². The monoisotopic (exact) mass is 470 g/mol. The highest BCUT2D eigenvalue weighted by Crippen LogP contribution is 2.42. The van der Waals surface area contributed by atoms with E-state index in [1.165, 1.54) is 7.11 Å². The Hall–Kier alpha value is -4.17. The molecular weight excluding hydrogens is 448 g/mol. The number of carbonyl (C=O) groups is 1. The third-order valence-electron chi connectivity index (χ3n) is 5.88. The number of pyridine rings is 1. The summed E-state index contributed by atoms with van der Waals surface area (Å²) in [5.74, 6) is -0.234. The van der Waals surface area contributed by atoms with Crippen LogP contribution in [0.5, 0.6) is 5.75 Å². The summed E-state index contributed by atoms with van der Waals surface area (Å²) in [4.78, 5) is 19.1. The summed E-state index contributed by atoms with van der Waals surface area (Å²) in [5.41, 5.74) is 3.74. The third-order valence-corrected chi connectivity index (χ3v) is 6.19. The Morgan fingerprint density at radius 2 is 1.79 bits per heavy atom. The first-order valence-corrected chi connectivity index (χ1v) is 11.1. The zero-order chi connectivity index (χ0) is 23.7. The molecule has 34 heavy (non-hydrogen) atoms. The van der Waals surface area contributed by atoms with Crippen LogP contribution < -0.4 is 10.2 Å². The number of aromatic nitrogens is 2. The van der Waals surface area contributed by atoms with E-state index < -0.39 is 5.97 Å². The lowest BCUT2D eigenvalue weighted by atomic mass is 10.0. The van der Waals surface area contributed by atoms with Gasteiger partial charge >= 0.3 is 5.97 Å². The van der Waals surface area contributed by atoms with Crippen molar-refractivity contribution in [2.24, 2.45) is 0 Å². The topological polar surface area (TPSA) is 79.6 Å². The first kappa shape index (κ1) is 21.7. The number of para-hydroxylation sites is 1. The average molecular weight is 471 g/mol. The number of thiocarbonyl (C=S) groups is 1. The highest BCUT2D eigenvalue weighted by Gasteiger charge is 2.42. The number of phenolic OH excluding ortho intramolecular Hbond substituents is 1. The fourth-order valence-corrected chi connectivity index (χ4v) is 4.71. The molecule has 4 aromatic rings. The van der Waals surface area contributed by atoms with Gasteiger partial charge in [-0.3, -0.25) is 4.98 Å². The van der Waals surface area contributed by atoms with E-state index >= 15 is 0 Å². The van der Waals surface area contributed by atoms with Gasteiger partial charge in [0.2, 0.25) is 0 Å². The van der Waals surface area contributed by atoms with E-state index in [0.717, 1.165) is 17.1 Å². The fourth-order valence-electron chi connectivity index (χ4n) is 4.37. The van der Waals surface area contributed by atoms with Crippen molar-refractivity contribution in [3.05, 3.63) is 108 Å². The molecule has 0 unspecified atom stereocenters. The number of aromatic hydroxyl groups is 1. The molecule has 170 valence electrons. The van der Waals surface area contributed by atoms with Crippen LogP contribution in [-0.2, 0) is 4.74 Å². The number of phenols is 1. The van der Waals surface area contributed by atoms with E-state index in [-0.39, 0.29) is 17.8 Å². The van der Waals surface area contributed by atoms with Crippen molar-refractivity contribution in [2.75, 3.05) is 12.0 Å². The molecule has 0 aliphatic carbocycles. The SMILES string of the molecule is COC(=O)c1ccccc1-n1cccc1[C@H]1[C@@H](c2ccccn2)NC(=S)N1c1ccc(O)cc1. The van der Waals surface area contributed by atoms with Gasteiger partial charge in [-0.2, -0.15) is 0 Å². The van der Waals surface area contributed by atoms with E-state index in [9.17, 15) is 9.90 Å². The number of anilines is 1. The van der Waals surface area contributed by atoms with Crippen LogP contribution in [0, 0.1) is 0 Å². The number of nitrogens with one attached hydrogen (secondary N) is 1. The van der Waals surface area contributed by atoms with Crippen LogP contribution in [0.25, 0.3) is 5.69 Å². The van der Waals surface area contributed by atoms with Crippen molar-refractivity contribution in [3.8, 4) is 11.4 Å². The first-order chi connectivity index (χ1) is 16.6. The van der Waals surface area contributed by atoms with E-state index in [0.29, 0.717) is 16.4 Å². The van der Waals surface area contributed by atoms with Gasteiger partial charge in [0.15, 0.2) is 5.11 Å². The van der Waals surface area contributed by atoms with Gasteiger partial charge < -0.3 is 24.6 Å². The maximum absolute atomic E-state index is 12.5. The number of nitrogens with zero attached hydrogens (tertiary/aromatic N) is 3. The van der Waals surface area contributed by atoms with Crippen molar-refractivity contribution >= 4 is 29.0 Å². The molecule has 2 aromatic carbocycles. The molecule has 5 rings (SSSR count). The summed E-state index contributed by atoms with van der Waals surface area (Å²) in [6, 6.07) is 23.4. The second kappa shape index (κ2) is 8.99. The lowest BCUT2D eigenvalue weighted by Crippen LogP contribution is -2.30. The van der Waals surface area contributed by atoms with Crippen molar-refractivity contribution in [2.45, 2.75) is 12.1 Å². The lowest BCUT2D eigenvalue weighted by Gasteiger charge is -2.29. The van der Waals surface area contributed by atoms with Gasteiger partial charge in [0.05, 0.1) is 30.1 Å². The van der Waals surface area contributed by atoms with Crippen LogP contribution in [0.3, 0.4) is 0 Å². The predicted octanol–water partition coefficient (Wildman–Crippen LogP) is 4.54. The van der Waals surface area contributed by atoms with Gasteiger partial charge in [0.25, 0.3) is 0 Å². The third kappa shape index (κ3) is 3.78. The Morgan fingerprint density at radius 1 is 1.03 bits per heavy atom. The number of rotatable bonds is 5. The van der Waals surface area contributed by atoms with Crippen molar-refractivity contribution in [3.63, 3.8) is 0 Å². The van der Waals surface area contributed by atoms with Gasteiger partial charge in [-0.1, -0.05) is 18.2 Å². The van der Waals surface area contributed by atoms with E-state index in [2.05, 4.69) is 10.3 Å². The molecule has 1 aliphatic heterocycles. The van der Waals surface area contributed by atoms with E-state index in [1.54, 1.807) is 24.4 Å². The number of carbonyl (C=O) groups excluding carboxylic acids is 1. The number of hydrogen-bond acceptors (Lipinski definition) is 5. The largest absolute Gasteiger partial charge is 0.508 e. The smallest absolute Gasteiger partial charge is 0.339 e. The number of ether oxygens (including phenoxy) is 1. The van der Waals surface area contributed by atoms with Crippen LogP contribution in [0.1, 0.15) is 33.8 Å². The number of esters is 1. The Balaban J connectivity index is 1.69. The molecule has 2 atom stereocenters. The molecule has 0 bridgehead atoms. The predicted molar refractivity (Wildman–Crippen MR) is 133 cm³/mol. The highest BCUT2D eigenvalue weighted by molar-refractivity contribution is 7.80. The zero-order valence-corrected chi connectivity index (χ0v) is 19.1. The Kier molecular flexibility index (Phi) is 5.73. The minimum Gasteiger partial charge on any atom is -0.508 e. The minimum absolute atomic E-state index is 0.176. The van der Waals surface area contributed by atoms with Crippen LogP contribution in [0.2, 0.25) is 0 Å². The molecule has 0 spiro atoms. The van der Waals surface area contributed by atoms with Gasteiger partial charge in [0.1, 0.15) is 11.8 Å². The molecule has 1 saturated heterocycles. The molecule has 2 aromatic heterocycles. The van der Waals surface area contributed by atoms with Crippen molar-refractivity contribution < 1.29 is 14.6 Å². The number of hydrogen-bond donors (Lipinski definition) is 2. The molecular formula is C26H22N4O3S. The van der Waals surface area contributed by atoms with Gasteiger partial charge in [-0.05, 0) is 72.9 Å². The van der Waals surface area contributed by atoms with Crippen molar-refractivity contribution in [1.29, 1.82) is 0 Å². The molecule has 8 heteroatoms. The standard InChI is InChI=1S/C26H22N4O3S/c1-33-25(32)19-7-2-3-9-21(19)29-16-6-10-22(29)24-23(20-8-4-5-15-27-20)28-26(34)30(24)17-11-13-18(31)14-12-17/h2-16,23-24,31H,1H3,(H,28,34)/t23-,24+/m1/s1. The summed E-state index contributed by atoms with van der Waals surface area (Å²) in [7, 11) is 1.37. The highest BCUT2D eigenvalue weighted by atomic mass is 32.1. The second-order valence-electron chi connectivity index (χ2n) is 7.82. The molecule has 0 saturated carbocycles. The molecule has 3 heterocycles. The van der Waals surface area contributed by atoms with Crippen LogP contribution in [0.4, 0.5) is 5.69 Å². The number of benzene rings is 2. The normalized spacial score (nSPS) is 17.4.